The van der Waals surface area contributed by atoms with Gasteiger partial charge in [0.05, 0.1) is 13.7 Å². The van der Waals surface area contributed by atoms with Crippen LogP contribution in [-0.2, 0) is 20.9 Å². The van der Waals surface area contributed by atoms with E-state index in [-0.39, 0.29) is 23.7 Å². The molecule has 1 aromatic heterocycles. The van der Waals surface area contributed by atoms with Crippen LogP contribution in [0.1, 0.15) is 89.0 Å². The second-order valence-corrected chi connectivity index (χ2v) is 11.2. The van der Waals surface area contributed by atoms with Gasteiger partial charge in [0.15, 0.2) is 0 Å². The molecule has 0 saturated heterocycles. The first kappa shape index (κ1) is 28.1. The largest absolute Gasteiger partial charge is 0.497 e. The zero-order chi connectivity index (χ0) is 27.1. The predicted octanol–water partition coefficient (Wildman–Crippen LogP) is 5.95. The number of amides is 1. The highest BCUT2D eigenvalue weighted by atomic mass is 16.5. The van der Waals surface area contributed by atoms with E-state index in [0.29, 0.717) is 31.4 Å². The molecule has 2 fully saturated rings. The SMILES string of the molecule is COc1cccc(-c2nc(COCC3CCCC(C(=O)N[C@H](C(=O)O)C(C)C)C3)c(C3CCCCC3)o2)c1. The van der Waals surface area contributed by atoms with Gasteiger partial charge in [0.2, 0.25) is 11.8 Å². The monoisotopic (exact) mass is 526 g/mol. The van der Waals surface area contributed by atoms with E-state index in [0.717, 1.165) is 54.9 Å². The molecular weight excluding hydrogens is 484 g/mol. The van der Waals surface area contributed by atoms with Crippen molar-refractivity contribution in [2.75, 3.05) is 13.7 Å². The number of hydrogen-bond donors (Lipinski definition) is 2. The molecule has 8 heteroatoms. The Morgan fingerprint density at radius 2 is 1.92 bits per heavy atom. The molecule has 208 valence electrons. The lowest BCUT2D eigenvalue weighted by molar-refractivity contribution is -0.144. The Morgan fingerprint density at radius 3 is 2.63 bits per heavy atom. The maximum absolute atomic E-state index is 12.8. The summed E-state index contributed by atoms with van der Waals surface area (Å²) in [6.07, 6.45) is 9.30. The van der Waals surface area contributed by atoms with Gasteiger partial charge in [-0.05, 0) is 62.1 Å². The highest BCUT2D eigenvalue weighted by Gasteiger charge is 2.32. The number of carboxylic acid groups (broad SMARTS) is 1. The number of carboxylic acids is 1. The predicted molar refractivity (Wildman–Crippen MR) is 144 cm³/mol. The van der Waals surface area contributed by atoms with E-state index in [1.165, 1.54) is 19.3 Å². The number of hydrogen-bond acceptors (Lipinski definition) is 6. The summed E-state index contributed by atoms with van der Waals surface area (Å²) in [4.78, 5) is 29.2. The number of carbonyl (C=O) groups excluding carboxylic acids is 1. The number of aromatic nitrogens is 1. The van der Waals surface area contributed by atoms with E-state index < -0.39 is 12.0 Å². The number of methoxy groups -OCH3 is 1. The van der Waals surface area contributed by atoms with Crippen LogP contribution >= 0.6 is 0 Å². The van der Waals surface area contributed by atoms with Gasteiger partial charge >= 0.3 is 5.97 Å². The van der Waals surface area contributed by atoms with Crippen LogP contribution in [0.3, 0.4) is 0 Å². The molecule has 3 atom stereocenters. The van der Waals surface area contributed by atoms with Crippen molar-refractivity contribution in [3.05, 3.63) is 35.7 Å². The van der Waals surface area contributed by atoms with E-state index in [4.69, 9.17) is 18.9 Å². The first-order chi connectivity index (χ1) is 18.4. The van der Waals surface area contributed by atoms with Crippen molar-refractivity contribution in [3.8, 4) is 17.2 Å². The van der Waals surface area contributed by atoms with E-state index in [1.54, 1.807) is 7.11 Å². The van der Waals surface area contributed by atoms with Crippen LogP contribution in [0, 0.1) is 17.8 Å². The van der Waals surface area contributed by atoms with Crippen LogP contribution in [-0.4, -0.2) is 41.7 Å². The number of nitrogens with one attached hydrogen (secondary N) is 1. The molecule has 0 aliphatic heterocycles. The molecule has 2 N–H and O–H groups in total. The molecule has 4 rings (SSSR count). The van der Waals surface area contributed by atoms with Gasteiger partial charge in [-0.3, -0.25) is 4.79 Å². The molecule has 2 saturated carbocycles. The van der Waals surface area contributed by atoms with Crippen molar-refractivity contribution in [3.63, 3.8) is 0 Å². The summed E-state index contributed by atoms with van der Waals surface area (Å²) in [5.74, 6) is 1.42. The van der Waals surface area contributed by atoms with Gasteiger partial charge in [-0.2, -0.15) is 0 Å². The molecule has 0 spiro atoms. The Morgan fingerprint density at radius 1 is 1.13 bits per heavy atom. The van der Waals surface area contributed by atoms with Gasteiger partial charge < -0.3 is 24.3 Å². The second-order valence-electron chi connectivity index (χ2n) is 11.2. The lowest BCUT2D eigenvalue weighted by Gasteiger charge is -2.29. The van der Waals surface area contributed by atoms with Crippen LogP contribution in [0.5, 0.6) is 5.75 Å². The molecule has 0 radical (unpaired) electrons. The van der Waals surface area contributed by atoms with E-state index in [9.17, 15) is 14.7 Å². The van der Waals surface area contributed by atoms with E-state index >= 15 is 0 Å². The summed E-state index contributed by atoms with van der Waals surface area (Å²) >= 11 is 0. The topological polar surface area (TPSA) is 111 Å². The van der Waals surface area contributed by atoms with Gasteiger partial charge in [-0.25, -0.2) is 9.78 Å². The van der Waals surface area contributed by atoms with Crippen molar-refractivity contribution in [1.29, 1.82) is 0 Å². The van der Waals surface area contributed by atoms with Crippen LogP contribution in [0.15, 0.2) is 28.7 Å². The molecule has 1 aromatic carbocycles. The van der Waals surface area contributed by atoms with Crippen molar-refractivity contribution < 1.29 is 28.6 Å². The number of nitrogens with zero attached hydrogens (tertiary/aromatic N) is 1. The van der Waals surface area contributed by atoms with Crippen molar-refractivity contribution in [1.82, 2.24) is 10.3 Å². The first-order valence-corrected chi connectivity index (χ1v) is 14.1. The maximum Gasteiger partial charge on any atom is 0.326 e. The summed E-state index contributed by atoms with van der Waals surface area (Å²) in [7, 11) is 1.65. The summed E-state index contributed by atoms with van der Waals surface area (Å²) < 4.78 is 17.9. The first-order valence-electron chi connectivity index (χ1n) is 14.1. The average molecular weight is 527 g/mol. The molecular formula is C30H42N2O6. The Labute approximate surface area is 225 Å². The fraction of sp³-hybridized carbons (Fsp3) is 0.633. The highest BCUT2D eigenvalue weighted by Crippen LogP contribution is 2.38. The standard InChI is InChI=1S/C30H42N2O6/c1-19(2)26(30(34)35)32-28(33)22-12-7-9-20(15-22)17-37-18-25-27(21-10-5-4-6-11-21)38-29(31-25)23-13-8-14-24(16-23)36-3/h8,13-14,16,19-22,26H,4-7,9-12,15,17-18H2,1-3H3,(H,32,33)(H,34,35)/t20?,22?,26-/m0/s1. The molecule has 8 nitrogen and oxygen atoms in total. The van der Waals surface area contributed by atoms with E-state index in [2.05, 4.69) is 5.32 Å². The highest BCUT2D eigenvalue weighted by molar-refractivity contribution is 5.85. The van der Waals surface area contributed by atoms with Crippen LogP contribution in [0.4, 0.5) is 0 Å². The quantitative estimate of drug-likeness (QED) is 0.372. The smallest absolute Gasteiger partial charge is 0.326 e. The third-order valence-corrected chi connectivity index (χ3v) is 8.00. The van der Waals surface area contributed by atoms with Crippen LogP contribution in [0.25, 0.3) is 11.5 Å². The third-order valence-electron chi connectivity index (χ3n) is 8.00. The lowest BCUT2D eigenvalue weighted by atomic mass is 9.81. The molecule has 1 heterocycles. The lowest BCUT2D eigenvalue weighted by Crippen LogP contribution is -2.47. The molecule has 2 aliphatic rings. The minimum Gasteiger partial charge on any atom is -0.497 e. The Bertz CT molecular complexity index is 1070. The third kappa shape index (κ3) is 7.16. The van der Waals surface area contributed by atoms with Gasteiger partial charge in [-0.15, -0.1) is 0 Å². The molecule has 2 aliphatic carbocycles. The molecule has 0 bridgehead atoms. The Kier molecular flexibility index (Phi) is 9.83. The average Bonchev–Trinajstić information content (AvgIpc) is 3.36. The number of carbonyl (C=O) groups is 2. The van der Waals surface area contributed by atoms with Crippen molar-refractivity contribution in [2.24, 2.45) is 17.8 Å². The molecule has 2 unspecified atom stereocenters. The van der Waals surface area contributed by atoms with Crippen LogP contribution in [0.2, 0.25) is 0 Å². The summed E-state index contributed by atoms with van der Waals surface area (Å²) in [6, 6.07) is 6.89. The molecule has 38 heavy (non-hydrogen) atoms. The Hall–Kier alpha value is -2.87. The minimum absolute atomic E-state index is 0.158. The molecule has 2 aromatic rings. The number of aliphatic carboxylic acids is 1. The Balaban J connectivity index is 1.39. The number of oxazole rings is 1. The van der Waals surface area contributed by atoms with Crippen molar-refractivity contribution >= 4 is 11.9 Å². The zero-order valence-electron chi connectivity index (χ0n) is 22.9. The second kappa shape index (κ2) is 13.3. The minimum atomic E-state index is -0.987. The number of ether oxygens (including phenoxy) is 2. The number of rotatable bonds is 11. The summed E-state index contributed by atoms with van der Waals surface area (Å²) in [5.41, 5.74) is 1.75. The number of benzene rings is 1. The van der Waals surface area contributed by atoms with Crippen molar-refractivity contribution in [2.45, 2.75) is 90.2 Å². The van der Waals surface area contributed by atoms with Gasteiger partial charge in [0.25, 0.3) is 0 Å². The fourth-order valence-corrected chi connectivity index (χ4v) is 5.82. The van der Waals surface area contributed by atoms with Gasteiger partial charge in [0.1, 0.15) is 23.2 Å². The van der Waals surface area contributed by atoms with Gasteiger partial charge in [0, 0.05) is 24.0 Å². The summed E-state index contributed by atoms with van der Waals surface area (Å²) in [6.45, 7) is 4.53. The maximum atomic E-state index is 12.8. The van der Waals surface area contributed by atoms with E-state index in [1.807, 2.05) is 38.1 Å². The fourth-order valence-electron chi connectivity index (χ4n) is 5.82. The van der Waals surface area contributed by atoms with Crippen LogP contribution < -0.4 is 10.1 Å². The molecule has 1 amide bonds. The zero-order valence-corrected chi connectivity index (χ0v) is 22.9. The van der Waals surface area contributed by atoms with Gasteiger partial charge in [-0.1, -0.05) is 45.6 Å². The normalized spacial score (nSPS) is 21.3. The summed E-state index contributed by atoms with van der Waals surface area (Å²) in [5, 5.41) is 12.2.